The monoisotopic (exact) mass is 343 g/mol. The molecule has 3 rings (SSSR count). The van der Waals surface area contributed by atoms with E-state index in [1.807, 2.05) is 36.2 Å². The SMILES string of the molecule is C=CCNC(=NCc1nnc(C)n1C)NC1CCc2nc(C)nn2C1. The van der Waals surface area contributed by atoms with Gasteiger partial charge in [0.2, 0.25) is 0 Å². The average Bonchev–Trinajstić information content (AvgIpc) is 3.12. The summed E-state index contributed by atoms with van der Waals surface area (Å²) < 4.78 is 3.92. The Morgan fingerprint density at radius 3 is 2.96 bits per heavy atom. The van der Waals surface area contributed by atoms with Crippen LogP contribution < -0.4 is 10.6 Å². The van der Waals surface area contributed by atoms with E-state index in [1.54, 1.807) is 0 Å². The zero-order valence-corrected chi connectivity index (χ0v) is 15.0. The van der Waals surface area contributed by atoms with Crippen LogP contribution in [0.5, 0.6) is 0 Å². The first-order valence-corrected chi connectivity index (χ1v) is 8.47. The van der Waals surface area contributed by atoms with Gasteiger partial charge < -0.3 is 15.2 Å². The van der Waals surface area contributed by atoms with Crippen molar-refractivity contribution in [1.82, 2.24) is 40.2 Å². The zero-order chi connectivity index (χ0) is 17.8. The molecule has 0 amide bonds. The van der Waals surface area contributed by atoms with Gasteiger partial charge in [0, 0.05) is 26.1 Å². The largest absolute Gasteiger partial charge is 0.353 e. The van der Waals surface area contributed by atoms with Crippen LogP contribution in [0, 0.1) is 13.8 Å². The van der Waals surface area contributed by atoms with Crippen LogP contribution in [-0.2, 0) is 26.6 Å². The van der Waals surface area contributed by atoms with E-state index in [-0.39, 0.29) is 6.04 Å². The molecule has 1 atom stereocenters. The Bertz CT molecular complexity index is 771. The Kier molecular flexibility index (Phi) is 5.11. The van der Waals surface area contributed by atoms with E-state index in [4.69, 9.17) is 0 Å². The minimum Gasteiger partial charge on any atom is -0.353 e. The molecule has 9 nitrogen and oxygen atoms in total. The minimum absolute atomic E-state index is 0.255. The molecule has 2 aromatic heterocycles. The maximum atomic E-state index is 4.64. The third-order valence-electron chi connectivity index (χ3n) is 4.28. The van der Waals surface area contributed by atoms with E-state index < -0.39 is 0 Å². The molecule has 2 N–H and O–H groups in total. The molecule has 25 heavy (non-hydrogen) atoms. The van der Waals surface area contributed by atoms with Crippen LogP contribution in [0.2, 0.25) is 0 Å². The maximum Gasteiger partial charge on any atom is 0.192 e. The molecule has 9 heteroatoms. The van der Waals surface area contributed by atoms with E-state index >= 15 is 0 Å². The van der Waals surface area contributed by atoms with Gasteiger partial charge in [-0.2, -0.15) is 5.10 Å². The first-order valence-electron chi connectivity index (χ1n) is 8.47. The van der Waals surface area contributed by atoms with Crippen molar-refractivity contribution in [3.05, 3.63) is 36.0 Å². The van der Waals surface area contributed by atoms with Gasteiger partial charge in [-0.3, -0.25) is 0 Å². The van der Waals surface area contributed by atoms with Gasteiger partial charge in [0.1, 0.15) is 24.0 Å². The third kappa shape index (κ3) is 4.04. The summed E-state index contributed by atoms with van der Waals surface area (Å²) in [4.78, 5) is 9.09. The summed E-state index contributed by atoms with van der Waals surface area (Å²) in [6.45, 7) is 9.50. The predicted molar refractivity (Wildman–Crippen MR) is 95.1 cm³/mol. The molecule has 3 heterocycles. The fourth-order valence-electron chi connectivity index (χ4n) is 2.80. The number of guanidine groups is 1. The molecule has 0 bridgehead atoms. The lowest BCUT2D eigenvalue weighted by Crippen LogP contribution is -2.47. The summed E-state index contributed by atoms with van der Waals surface area (Å²) in [7, 11) is 1.94. The molecule has 0 saturated carbocycles. The second kappa shape index (κ2) is 7.45. The van der Waals surface area contributed by atoms with Crippen LogP contribution in [0.3, 0.4) is 0 Å². The zero-order valence-electron chi connectivity index (χ0n) is 15.0. The van der Waals surface area contributed by atoms with Gasteiger partial charge in [0.25, 0.3) is 0 Å². The van der Waals surface area contributed by atoms with Crippen LogP contribution in [0.15, 0.2) is 17.6 Å². The van der Waals surface area contributed by atoms with Gasteiger partial charge in [-0.05, 0) is 20.3 Å². The Morgan fingerprint density at radius 2 is 2.24 bits per heavy atom. The van der Waals surface area contributed by atoms with Crippen molar-refractivity contribution in [1.29, 1.82) is 0 Å². The highest BCUT2D eigenvalue weighted by atomic mass is 15.4. The summed E-state index contributed by atoms with van der Waals surface area (Å²) in [5.41, 5.74) is 0. The summed E-state index contributed by atoms with van der Waals surface area (Å²) in [6, 6.07) is 0.255. The Morgan fingerprint density at radius 1 is 1.40 bits per heavy atom. The number of hydrogen-bond donors (Lipinski definition) is 2. The minimum atomic E-state index is 0.255. The fraction of sp³-hybridized carbons (Fsp3) is 0.562. The van der Waals surface area contributed by atoms with Crippen molar-refractivity contribution < 1.29 is 0 Å². The van der Waals surface area contributed by atoms with Gasteiger partial charge in [-0.25, -0.2) is 14.7 Å². The summed E-state index contributed by atoms with van der Waals surface area (Å²) in [5.74, 6) is 4.33. The molecule has 1 aliphatic heterocycles. The lowest BCUT2D eigenvalue weighted by Gasteiger charge is -2.25. The second-order valence-electron chi connectivity index (χ2n) is 6.19. The molecule has 0 spiro atoms. The standard InChI is InChI=1S/C16H25N9/c1-5-8-17-16(18-9-15-22-21-12(3)24(15)4)20-13-6-7-14-19-11(2)23-25(14)10-13/h5,13H,1,6-10H2,2-4H3,(H2,17,18,20). The Balaban J connectivity index is 1.67. The maximum absolute atomic E-state index is 4.64. The van der Waals surface area contributed by atoms with Gasteiger partial charge in [0.15, 0.2) is 11.8 Å². The number of nitrogens with zero attached hydrogens (tertiary/aromatic N) is 7. The predicted octanol–water partition coefficient (Wildman–Crippen LogP) is 0.260. The first kappa shape index (κ1) is 17.1. The number of fused-ring (bicyclic) bond motifs is 1. The highest BCUT2D eigenvalue weighted by Gasteiger charge is 2.21. The van der Waals surface area contributed by atoms with E-state index in [1.165, 1.54) is 0 Å². The van der Waals surface area contributed by atoms with E-state index in [9.17, 15) is 0 Å². The smallest absolute Gasteiger partial charge is 0.192 e. The molecule has 1 unspecified atom stereocenters. The lowest BCUT2D eigenvalue weighted by molar-refractivity contribution is 0.392. The third-order valence-corrected chi connectivity index (χ3v) is 4.28. The highest BCUT2D eigenvalue weighted by molar-refractivity contribution is 5.80. The number of hydrogen-bond acceptors (Lipinski definition) is 5. The molecule has 0 saturated heterocycles. The number of rotatable bonds is 5. The topological polar surface area (TPSA) is 97.8 Å². The normalized spacial score (nSPS) is 17.2. The van der Waals surface area contributed by atoms with Crippen LogP contribution >= 0.6 is 0 Å². The molecule has 0 aromatic carbocycles. The Hall–Kier alpha value is -2.71. The second-order valence-corrected chi connectivity index (χ2v) is 6.19. The summed E-state index contributed by atoms with van der Waals surface area (Å²) >= 11 is 0. The molecular formula is C16H25N9. The number of aliphatic imine (C=N–C) groups is 1. The number of nitrogens with one attached hydrogen (secondary N) is 2. The molecule has 1 aliphatic rings. The van der Waals surface area contributed by atoms with Crippen molar-refractivity contribution in [3.8, 4) is 0 Å². The molecule has 134 valence electrons. The van der Waals surface area contributed by atoms with Crippen molar-refractivity contribution in [3.63, 3.8) is 0 Å². The first-order chi connectivity index (χ1) is 12.1. The van der Waals surface area contributed by atoms with Gasteiger partial charge >= 0.3 is 0 Å². The Labute approximate surface area is 147 Å². The van der Waals surface area contributed by atoms with Crippen LogP contribution in [-0.4, -0.2) is 48.1 Å². The fourth-order valence-corrected chi connectivity index (χ4v) is 2.80. The van der Waals surface area contributed by atoms with Crippen molar-refractivity contribution in [2.75, 3.05) is 6.54 Å². The molecule has 0 radical (unpaired) electrons. The summed E-state index contributed by atoms with van der Waals surface area (Å²) in [6.07, 6.45) is 3.72. The number of aryl methyl sites for hydroxylation is 3. The van der Waals surface area contributed by atoms with Crippen LogP contribution in [0.4, 0.5) is 0 Å². The van der Waals surface area contributed by atoms with Crippen LogP contribution in [0.1, 0.15) is 29.7 Å². The van der Waals surface area contributed by atoms with Gasteiger partial charge in [0.05, 0.1) is 6.54 Å². The van der Waals surface area contributed by atoms with Crippen molar-refractivity contribution in [2.24, 2.45) is 12.0 Å². The van der Waals surface area contributed by atoms with E-state index in [0.717, 1.165) is 48.6 Å². The average molecular weight is 343 g/mol. The van der Waals surface area contributed by atoms with Crippen molar-refractivity contribution >= 4 is 5.96 Å². The highest BCUT2D eigenvalue weighted by Crippen LogP contribution is 2.12. The van der Waals surface area contributed by atoms with E-state index in [2.05, 4.69) is 42.5 Å². The summed E-state index contributed by atoms with van der Waals surface area (Å²) in [5, 5.41) is 19.4. The molecule has 0 fully saturated rings. The molecule has 0 aliphatic carbocycles. The van der Waals surface area contributed by atoms with Gasteiger partial charge in [-0.15, -0.1) is 16.8 Å². The quantitative estimate of drug-likeness (QED) is 0.459. The van der Waals surface area contributed by atoms with Crippen molar-refractivity contribution in [2.45, 2.75) is 45.8 Å². The van der Waals surface area contributed by atoms with Crippen LogP contribution in [0.25, 0.3) is 0 Å². The van der Waals surface area contributed by atoms with E-state index in [0.29, 0.717) is 13.1 Å². The number of aromatic nitrogens is 6. The lowest BCUT2D eigenvalue weighted by atomic mass is 10.1. The molecule has 2 aromatic rings. The molecular weight excluding hydrogens is 318 g/mol. The van der Waals surface area contributed by atoms with Gasteiger partial charge in [-0.1, -0.05) is 6.08 Å².